The number of nitriles is 1. The van der Waals surface area contributed by atoms with E-state index in [1.54, 1.807) is 11.6 Å². The first-order valence-corrected chi connectivity index (χ1v) is 7.85. The molecule has 0 aromatic heterocycles. The molecule has 0 fully saturated rings. The molecule has 0 heterocycles. The predicted molar refractivity (Wildman–Crippen MR) is 72.3 cm³/mol. The van der Waals surface area contributed by atoms with Crippen molar-refractivity contribution in [3.63, 3.8) is 0 Å². The Kier molecular flexibility index (Phi) is 5.96. The molecule has 0 saturated carbocycles. The van der Waals surface area contributed by atoms with E-state index in [0.29, 0.717) is 25.0 Å². The minimum absolute atomic E-state index is 0.00934. The number of aliphatic carboxylic acids is 1. The second-order valence-electron chi connectivity index (χ2n) is 4.54. The quantitative estimate of drug-likeness (QED) is 0.791. The van der Waals surface area contributed by atoms with E-state index in [1.807, 2.05) is 0 Å². The molecule has 0 amide bonds. The summed E-state index contributed by atoms with van der Waals surface area (Å²) in [6, 6.07) is 1.14. The molecule has 22 heavy (non-hydrogen) atoms. The number of unbranched alkanes of at least 4 members (excludes halogenated alkanes) is 1. The molecule has 0 unspecified atom stereocenters. The Morgan fingerprint density at radius 2 is 1.95 bits per heavy atom. The maximum absolute atomic E-state index is 13.7. The van der Waals surface area contributed by atoms with Gasteiger partial charge in [0.05, 0.1) is 11.6 Å². The second-order valence-corrected chi connectivity index (χ2v) is 6.19. The lowest BCUT2D eigenvalue weighted by Crippen LogP contribution is -2.41. The Labute approximate surface area is 126 Å². The molecule has 0 spiro atoms. The van der Waals surface area contributed by atoms with Crippen molar-refractivity contribution >= 4 is 16.0 Å². The molecule has 0 aliphatic rings. The Morgan fingerprint density at radius 3 is 2.36 bits per heavy atom. The first-order chi connectivity index (χ1) is 10.2. The Hall–Kier alpha value is -2.05. The van der Waals surface area contributed by atoms with Crippen molar-refractivity contribution in [1.29, 1.82) is 5.26 Å². The Balaban J connectivity index is 3.19. The highest BCUT2D eigenvalue weighted by atomic mass is 32.2. The normalized spacial score (nSPS) is 12.6. The van der Waals surface area contributed by atoms with Gasteiger partial charge in [0.15, 0.2) is 4.90 Å². The van der Waals surface area contributed by atoms with Gasteiger partial charge >= 0.3 is 5.97 Å². The minimum Gasteiger partial charge on any atom is -0.480 e. The van der Waals surface area contributed by atoms with Gasteiger partial charge in [-0.3, -0.25) is 4.79 Å². The molecule has 2 N–H and O–H groups in total. The molecule has 1 rings (SSSR count). The third-order valence-electron chi connectivity index (χ3n) is 2.84. The Bertz CT molecular complexity index is 690. The number of rotatable bonds is 7. The van der Waals surface area contributed by atoms with Gasteiger partial charge in [0.25, 0.3) is 0 Å². The first-order valence-electron chi connectivity index (χ1n) is 6.37. The fourth-order valence-electron chi connectivity index (χ4n) is 1.77. The summed E-state index contributed by atoms with van der Waals surface area (Å²) < 4.78 is 53.3. The van der Waals surface area contributed by atoms with Gasteiger partial charge in [-0.1, -0.05) is 19.8 Å². The molecule has 0 aliphatic carbocycles. The van der Waals surface area contributed by atoms with E-state index in [9.17, 15) is 22.0 Å². The lowest BCUT2D eigenvalue weighted by atomic mass is 10.1. The fraction of sp³-hybridized carbons (Fsp3) is 0.385. The molecule has 0 saturated heterocycles. The molecule has 0 aliphatic heterocycles. The predicted octanol–water partition coefficient (Wildman–Crippen LogP) is 1.76. The van der Waals surface area contributed by atoms with E-state index in [4.69, 9.17) is 10.4 Å². The lowest BCUT2D eigenvalue weighted by molar-refractivity contribution is -0.139. The van der Waals surface area contributed by atoms with Crippen LogP contribution in [0.3, 0.4) is 0 Å². The topological polar surface area (TPSA) is 107 Å². The monoisotopic (exact) mass is 332 g/mol. The van der Waals surface area contributed by atoms with E-state index in [-0.39, 0.29) is 12.0 Å². The highest BCUT2D eigenvalue weighted by molar-refractivity contribution is 7.89. The van der Waals surface area contributed by atoms with Crippen LogP contribution in [0.1, 0.15) is 31.7 Å². The van der Waals surface area contributed by atoms with E-state index >= 15 is 0 Å². The minimum atomic E-state index is -4.71. The molecule has 9 heteroatoms. The molecular weight excluding hydrogens is 318 g/mol. The summed E-state index contributed by atoms with van der Waals surface area (Å²) >= 11 is 0. The van der Waals surface area contributed by atoms with Crippen molar-refractivity contribution in [3.8, 4) is 6.07 Å². The van der Waals surface area contributed by atoms with Gasteiger partial charge in [-0.05, 0) is 18.6 Å². The smallest absolute Gasteiger partial charge is 0.321 e. The van der Waals surface area contributed by atoms with Gasteiger partial charge in [-0.2, -0.15) is 9.98 Å². The number of nitrogens with one attached hydrogen (secondary N) is 1. The van der Waals surface area contributed by atoms with Crippen LogP contribution in [0.25, 0.3) is 0 Å². The summed E-state index contributed by atoms with van der Waals surface area (Å²) in [5.41, 5.74) is -0.380. The summed E-state index contributed by atoms with van der Waals surface area (Å²) in [7, 11) is -4.71. The molecule has 0 bridgehead atoms. The van der Waals surface area contributed by atoms with Crippen molar-refractivity contribution in [2.45, 2.75) is 37.1 Å². The number of sulfonamides is 1. The summed E-state index contributed by atoms with van der Waals surface area (Å²) in [4.78, 5) is 9.73. The number of hydrogen-bond acceptors (Lipinski definition) is 4. The molecular formula is C13H14F2N2O4S. The van der Waals surface area contributed by atoms with E-state index in [1.165, 1.54) is 6.07 Å². The van der Waals surface area contributed by atoms with Gasteiger partial charge < -0.3 is 5.11 Å². The lowest BCUT2D eigenvalue weighted by Gasteiger charge is -2.15. The number of carboxylic acids is 1. The third kappa shape index (κ3) is 4.22. The van der Waals surface area contributed by atoms with Crippen molar-refractivity contribution in [2.75, 3.05) is 0 Å². The Morgan fingerprint density at radius 1 is 1.41 bits per heavy atom. The summed E-state index contributed by atoms with van der Waals surface area (Å²) in [6.45, 7) is 1.79. The maximum atomic E-state index is 13.7. The average molecular weight is 332 g/mol. The first kappa shape index (κ1) is 18.0. The van der Waals surface area contributed by atoms with Crippen molar-refractivity contribution in [2.24, 2.45) is 0 Å². The van der Waals surface area contributed by atoms with Gasteiger partial charge in [0, 0.05) is 0 Å². The largest absolute Gasteiger partial charge is 0.480 e. The molecule has 1 atom stereocenters. The van der Waals surface area contributed by atoms with Crippen molar-refractivity contribution < 1.29 is 27.1 Å². The third-order valence-corrected chi connectivity index (χ3v) is 4.36. The van der Waals surface area contributed by atoms with Gasteiger partial charge in [0.1, 0.15) is 17.7 Å². The van der Waals surface area contributed by atoms with E-state index in [2.05, 4.69) is 0 Å². The van der Waals surface area contributed by atoms with Crippen molar-refractivity contribution in [1.82, 2.24) is 4.72 Å². The SMILES string of the molecule is CCCC[C@H](NS(=O)(=O)c1c(F)cc(C#N)cc1F)C(=O)O. The molecule has 0 radical (unpaired) electrons. The number of halogens is 2. The van der Waals surface area contributed by atoms with Gasteiger partial charge in [-0.15, -0.1) is 0 Å². The molecule has 6 nitrogen and oxygen atoms in total. The second kappa shape index (κ2) is 7.29. The summed E-state index contributed by atoms with van der Waals surface area (Å²) in [6.07, 6.45) is 1.05. The van der Waals surface area contributed by atoms with Gasteiger partial charge in [0.2, 0.25) is 10.0 Å². The molecule has 120 valence electrons. The summed E-state index contributed by atoms with van der Waals surface area (Å²) in [5, 5.41) is 17.5. The zero-order valence-corrected chi connectivity index (χ0v) is 12.5. The van der Waals surface area contributed by atoms with Crippen LogP contribution in [0, 0.1) is 23.0 Å². The van der Waals surface area contributed by atoms with Crippen LogP contribution >= 0.6 is 0 Å². The van der Waals surface area contributed by atoms with E-state index in [0.717, 1.165) is 0 Å². The molecule has 1 aromatic carbocycles. The van der Waals surface area contributed by atoms with Crippen LogP contribution in [0.4, 0.5) is 8.78 Å². The van der Waals surface area contributed by atoms with Crippen LogP contribution in [-0.2, 0) is 14.8 Å². The number of benzene rings is 1. The van der Waals surface area contributed by atoms with Crippen LogP contribution in [0.2, 0.25) is 0 Å². The highest BCUT2D eigenvalue weighted by Gasteiger charge is 2.30. The van der Waals surface area contributed by atoms with Crippen LogP contribution in [0.15, 0.2) is 17.0 Å². The van der Waals surface area contributed by atoms with Gasteiger partial charge in [-0.25, -0.2) is 17.2 Å². The number of nitrogens with zero attached hydrogens (tertiary/aromatic N) is 1. The van der Waals surface area contributed by atoms with Crippen LogP contribution in [0.5, 0.6) is 0 Å². The number of hydrogen-bond donors (Lipinski definition) is 2. The van der Waals surface area contributed by atoms with E-state index < -0.39 is 38.6 Å². The standard InChI is InChI=1S/C13H14F2N2O4S/c1-2-3-4-11(13(18)19)17-22(20,21)12-9(14)5-8(7-16)6-10(12)15/h5-6,11,17H,2-4H2,1H3,(H,18,19)/t11-/m0/s1. The fourth-order valence-corrected chi connectivity index (χ4v) is 3.11. The van der Waals surface area contributed by atoms with Crippen LogP contribution in [-0.4, -0.2) is 25.5 Å². The highest BCUT2D eigenvalue weighted by Crippen LogP contribution is 2.21. The summed E-state index contributed by atoms with van der Waals surface area (Å²) in [5.74, 6) is -4.35. The zero-order valence-electron chi connectivity index (χ0n) is 11.6. The molecule has 1 aromatic rings. The number of carboxylic acid groups (broad SMARTS) is 1. The van der Waals surface area contributed by atoms with Crippen molar-refractivity contribution in [3.05, 3.63) is 29.3 Å². The maximum Gasteiger partial charge on any atom is 0.321 e. The number of carbonyl (C=O) groups is 1. The average Bonchev–Trinajstić information content (AvgIpc) is 2.41. The van der Waals surface area contributed by atoms with Crippen LogP contribution < -0.4 is 4.72 Å². The zero-order chi connectivity index (χ0) is 16.9.